The Morgan fingerprint density at radius 1 is 1.37 bits per heavy atom. The lowest BCUT2D eigenvalue weighted by atomic mass is 9.86. The van der Waals surface area contributed by atoms with E-state index in [1.807, 2.05) is 0 Å². The summed E-state index contributed by atoms with van der Waals surface area (Å²) >= 11 is 9.23. The minimum Gasteiger partial charge on any atom is -0.393 e. The van der Waals surface area contributed by atoms with E-state index in [0.29, 0.717) is 17.1 Å². The van der Waals surface area contributed by atoms with Crippen LogP contribution in [0.1, 0.15) is 36.0 Å². The lowest BCUT2D eigenvalue weighted by Gasteiger charge is -2.27. The summed E-state index contributed by atoms with van der Waals surface area (Å²) in [5.41, 5.74) is 0.532. The van der Waals surface area contributed by atoms with Crippen molar-refractivity contribution in [3.8, 4) is 0 Å². The number of halogens is 2. The molecule has 19 heavy (non-hydrogen) atoms. The number of carbonyl (C=O) groups excluding carboxylic acids is 1. The molecular weight excluding hydrogens is 330 g/mol. The smallest absolute Gasteiger partial charge is 0.251 e. The highest BCUT2D eigenvalue weighted by atomic mass is 79.9. The summed E-state index contributed by atoms with van der Waals surface area (Å²) in [6, 6.07) is 5.11. The zero-order valence-corrected chi connectivity index (χ0v) is 12.9. The molecule has 0 spiro atoms. The molecule has 0 aromatic heterocycles. The maximum absolute atomic E-state index is 12.0. The third kappa shape index (κ3) is 4.20. The molecule has 0 saturated heterocycles. The Morgan fingerprint density at radius 3 is 2.79 bits per heavy atom. The summed E-state index contributed by atoms with van der Waals surface area (Å²) in [6.07, 6.45) is 3.72. The summed E-state index contributed by atoms with van der Waals surface area (Å²) in [4.78, 5) is 12.0. The van der Waals surface area contributed by atoms with Gasteiger partial charge in [-0.2, -0.15) is 0 Å². The fourth-order valence-corrected chi connectivity index (χ4v) is 3.30. The van der Waals surface area contributed by atoms with Gasteiger partial charge in [-0.15, -0.1) is 0 Å². The predicted molar refractivity (Wildman–Crippen MR) is 79.5 cm³/mol. The molecule has 2 rings (SSSR count). The van der Waals surface area contributed by atoms with Gasteiger partial charge in [-0.1, -0.05) is 40.4 Å². The molecule has 0 bridgehead atoms. The van der Waals surface area contributed by atoms with Gasteiger partial charge >= 0.3 is 0 Å². The van der Waals surface area contributed by atoms with Gasteiger partial charge in [0.05, 0.1) is 6.10 Å². The molecule has 104 valence electrons. The molecule has 2 unspecified atom stereocenters. The van der Waals surface area contributed by atoms with Crippen molar-refractivity contribution >= 4 is 33.4 Å². The maximum atomic E-state index is 12.0. The zero-order chi connectivity index (χ0) is 13.8. The van der Waals surface area contributed by atoms with Crippen LogP contribution in [0.15, 0.2) is 22.7 Å². The van der Waals surface area contributed by atoms with Gasteiger partial charge in [-0.3, -0.25) is 4.79 Å². The Hall–Kier alpha value is -0.580. The van der Waals surface area contributed by atoms with Crippen LogP contribution in [-0.4, -0.2) is 23.7 Å². The first kappa shape index (κ1) is 14.8. The Balaban J connectivity index is 1.93. The monoisotopic (exact) mass is 345 g/mol. The third-order valence-electron chi connectivity index (χ3n) is 3.52. The van der Waals surface area contributed by atoms with Gasteiger partial charge in [-0.05, 0) is 31.0 Å². The van der Waals surface area contributed by atoms with E-state index >= 15 is 0 Å². The highest BCUT2D eigenvalue weighted by Gasteiger charge is 2.23. The average molecular weight is 347 g/mol. The summed E-state index contributed by atoms with van der Waals surface area (Å²) in [7, 11) is 0. The number of nitrogens with one attached hydrogen (secondary N) is 1. The molecule has 1 aliphatic carbocycles. The molecule has 0 aliphatic heterocycles. The zero-order valence-electron chi connectivity index (χ0n) is 10.5. The molecule has 5 heteroatoms. The molecule has 1 aromatic carbocycles. The van der Waals surface area contributed by atoms with E-state index in [2.05, 4.69) is 21.2 Å². The minimum absolute atomic E-state index is 0.152. The van der Waals surface area contributed by atoms with E-state index < -0.39 is 0 Å². The van der Waals surface area contributed by atoms with Gasteiger partial charge in [0.15, 0.2) is 0 Å². The first-order valence-electron chi connectivity index (χ1n) is 6.48. The molecule has 3 nitrogen and oxygen atoms in total. The maximum Gasteiger partial charge on any atom is 0.251 e. The van der Waals surface area contributed by atoms with E-state index in [4.69, 9.17) is 11.6 Å². The van der Waals surface area contributed by atoms with Gasteiger partial charge < -0.3 is 10.4 Å². The fraction of sp³-hybridized carbons (Fsp3) is 0.500. The van der Waals surface area contributed by atoms with Crippen molar-refractivity contribution in [2.75, 3.05) is 6.54 Å². The summed E-state index contributed by atoms with van der Waals surface area (Å²) in [5.74, 6) is 0.0151. The lowest BCUT2D eigenvalue weighted by Crippen LogP contribution is -2.36. The summed E-state index contributed by atoms with van der Waals surface area (Å²) in [6.45, 7) is 0.518. The number of benzene rings is 1. The molecule has 1 saturated carbocycles. The number of amides is 1. The molecule has 1 amide bonds. The van der Waals surface area contributed by atoms with Crippen molar-refractivity contribution in [2.24, 2.45) is 5.92 Å². The van der Waals surface area contributed by atoms with Gasteiger partial charge in [0.1, 0.15) is 0 Å². The molecule has 1 fully saturated rings. The van der Waals surface area contributed by atoms with E-state index in [9.17, 15) is 9.90 Å². The second kappa shape index (κ2) is 6.73. The van der Waals surface area contributed by atoms with Crippen molar-refractivity contribution in [3.63, 3.8) is 0 Å². The second-order valence-corrected chi connectivity index (χ2v) is 6.33. The molecule has 1 aliphatic rings. The van der Waals surface area contributed by atoms with Crippen LogP contribution in [-0.2, 0) is 0 Å². The van der Waals surface area contributed by atoms with Gasteiger partial charge in [0.2, 0.25) is 0 Å². The molecule has 1 aromatic rings. The van der Waals surface area contributed by atoms with Crippen LogP contribution in [0.2, 0.25) is 5.02 Å². The Kier molecular flexibility index (Phi) is 5.25. The number of hydrogen-bond donors (Lipinski definition) is 2. The molecule has 0 radical (unpaired) electrons. The number of hydrogen-bond acceptors (Lipinski definition) is 2. The molecular formula is C14H17BrClNO2. The van der Waals surface area contributed by atoms with Crippen molar-refractivity contribution in [1.29, 1.82) is 0 Å². The summed E-state index contributed by atoms with van der Waals surface area (Å²) in [5, 5.41) is 13.3. The highest BCUT2D eigenvalue weighted by Crippen LogP contribution is 2.24. The van der Waals surface area contributed by atoms with E-state index in [1.54, 1.807) is 18.2 Å². The largest absolute Gasteiger partial charge is 0.393 e. The van der Waals surface area contributed by atoms with E-state index in [1.165, 1.54) is 0 Å². The standard InChI is InChI=1S/C14H17BrClNO2/c15-11-5-10(6-12(16)7-11)14(19)17-8-9-3-1-2-4-13(9)18/h5-7,9,13,18H,1-4,8H2,(H,17,19). The van der Waals surface area contributed by atoms with E-state index in [0.717, 1.165) is 30.2 Å². The van der Waals surface area contributed by atoms with Crippen LogP contribution >= 0.6 is 27.5 Å². The van der Waals surface area contributed by atoms with Crippen LogP contribution in [0.4, 0.5) is 0 Å². The van der Waals surface area contributed by atoms with Gasteiger partial charge in [0.25, 0.3) is 5.91 Å². The molecule has 2 atom stereocenters. The number of carbonyl (C=O) groups is 1. The predicted octanol–water partition coefficient (Wildman–Crippen LogP) is 3.38. The van der Waals surface area contributed by atoms with Crippen molar-refractivity contribution in [3.05, 3.63) is 33.3 Å². The van der Waals surface area contributed by atoms with Gasteiger partial charge in [-0.25, -0.2) is 0 Å². The Bertz CT molecular complexity index is 447. The first-order chi connectivity index (χ1) is 9.06. The lowest BCUT2D eigenvalue weighted by molar-refractivity contribution is 0.0663. The van der Waals surface area contributed by atoms with Crippen molar-refractivity contribution in [2.45, 2.75) is 31.8 Å². The first-order valence-corrected chi connectivity index (χ1v) is 7.65. The van der Waals surface area contributed by atoms with E-state index in [-0.39, 0.29) is 17.9 Å². The van der Waals surface area contributed by atoms with Gasteiger partial charge in [0, 0.05) is 27.5 Å². The quantitative estimate of drug-likeness (QED) is 0.881. The van der Waals surface area contributed by atoms with Crippen LogP contribution in [0.5, 0.6) is 0 Å². The van der Waals surface area contributed by atoms with Crippen LogP contribution in [0.25, 0.3) is 0 Å². The highest BCUT2D eigenvalue weighted by molar-refractivity contribution is 9.10. The summed E-state index contributed by atoms with van der Waals surface area (Å²) < 4.78 is 0.780. The van der Waals surface area contributed by atoms with Crippen LogP contribution in [0.3, 0.4) is 0 Å². The Morgan fingerprint density at radius 2 is 2.11 bits per heavy atom. The topological polar surface area (TPSA) is 49.3 Å². The van der Waals surface area contributed by atoms with Crippen LogP contribution < -0.4 is 5.32 Å². The molecule has 0 heterocycles. The SMILES string of the molecule is O=C(NCC1CCCCC1O)c1cc(Cl)cc(Br)c1. The second-order valence-electron chi connectivity index (χ2n) is 4.98. The van der Waals surface area contributed by atoms with Crippen molar-refractivity contribution < 1.29 is 9.90 Å². The Labute approximate surface area is 126 Å². The van der Waals surface area contributed by atoms with Crippen LogP contribution in [0, 0.1) is 5.92 Å². The number of aliphatic hydroxyl groups is 1. The average Bonchev–Trinajstić information content (AvgIpc) is 2.36. The third-order valence-corrected chi connectivity index (χ3v) is 4.19. The van der Waals surface area contributed by atoms with Crippen molar-refractivity contribution in [1.82, 2.24) is 5.32 Å². The number of aliphatic hydroxyl groups excluding tert-OH is 1. The normalized spacial score (nSPS) is 23.1. The fourth-order valence-electron chi connectivity index (χ4n) is 2.44. The number of rotatable bonds is 3. The minimum atomic E-state index is -0.292. The molecule has 2 N–H and O–H groups in total.